The number of carboxylic acids is 1. The van der Waals surface area contributed by atoms with Crippen molar-refractivity contribution < 1.29 is 24.1 Å². The second-order valence-electron chi connectivity index (χ2n) is 9.40. The van der Waals surface area contributed by atoms with Gasteiger partial charge in [-0.15, -0.1) is 0 Å². The number of hydrogen-bond acceptors (Lipinski definition) is 6. The molecule has 3 aliphatic rings. The number of benzene rings is 1. The molecule has 176 valence electrons. The van der Waals surface area contributed by atoms with Gasteiger partial charge in [0.15, 0.2) is 5.43 Å². The molecule has 5 rings (SSSR count). The van der Waals surface area contributed by atoms with E-state index < -0.39 is 11.4 Å². The maximum absolute atomic E-state index is 12.5. The highest BCUT2D eigenvalue weighted by molar-refractivity contribution is 6.32. The zero-order valence-electron chi connectivity index (χ0n) is 18.7. The number of aromatic nitrogens is 1. The van der Waals surface area contributed by atoms with Crippen molar-refractivity contribution >= 4 is 17.6 Å². The SMILES string of the molecule is CC1(C)CC[C@@H]2c3cc(OCCCOC4COC4)c(Cl)cc3-c3cc(=O)c(C(=O)O)cn3N21. The number of nitrogens with zero attached hydrogens (tertiary/aromatic N) is 2. The quantitative estimate of drug-likeness (QED) is 0.613. The van der Waals surface area contributed by atoms with Gasteiger partial charge in [-0.3, -0.25) is 14.5 Å². The Hall–Kier alpha value is -2.55. The summed E-state index contributed by atoms with van der Waals surface area (Å²) in [6.45, 7) is 6.64. The van der Waals surface area contributed by atoms with E-state index in [2.05, 4.69) is 18.9 Å². The summed E-state index contributed by atoms with van der Waals surface area (Å²) in [5.41, 5.74) is 1.51. The number of hydrogen-bond donors (Lipinski definition) is 1. The predicted octanol–water partition coefficient (Wildman–Crippen LogP) is 3.62. The first-order valence-electron chi connectivity index (χ1n) is 11.2. The molecule has 0 aliphatic carbocycles. The zero-order valence-corrected chi connectivity index (χ0v) is 19.4. The average molecular weight is 475 g/mol. The molecular weight excluding hydrogens is 448 g/mol. The molecule has 3 aliphatic heterocycles. The molecule has 4 heterocycles. The van der Waals surface area contributed by atoms with Crippen LogP contribution >= 0.6 is 11.6 Å². The van der Waals surface area contributed by atoms with Crippen LogP contribution in [-0.4, -0.2) is 53.8 Å². The molecule has 1 atom stereocenters. The van der Waals surface area contributed by atoms with Gasteiger partial charge in [-0.1, -0.05) is 11.6 Å². The van der Waals surface area contributed by atoms with E-state index in [1.165, 1.54) is 12.3 Å². The predicted molar refractivity (Wildman–Crippen MR) is 123 cm³/mol. The highest BCUT2D eigenvalue weighted by atomic mass is 35.5. The molecule has 1 aromatic heterocycles. The van der Waals surface area contributed by atoms with Gasteiger partial charge in [0, 0.05) is 24.2 Å². The molecule has 1 aromatic carbocycles. The molecular formula is C24H27ClN2O6. The summed E-state index contributed by atoms with van der Waals surface area (Å²) < 4.78 is 18.6. The Kier molecular flexibility index (Phi) is 5.63. The zero-order chi connectivity index (χ0) is 23.3. The van der Waals surface area contributed by atoms with Crippen LogP contribution in [0.15, 0.2) is 29.2 Å². The van der Waals surface area contributed by atoms with Crippen molar-refractivity contribution in [2.24, 2.45) is 0 Å². The highest BCUT2D eigenvalue weighted by Crippen LogP contribution is 2.49. The molecule has 33 heavy (non-hydrogen) atoms. The van der Waals surface area contributed by atoms with E-state index in [1.807, 2.05) is 16.8 Å². The first kappa shape index (κ1) is 22.3. The number of rotatable bonds is 7. The van der Waals surface area contributed by atoms with Crippen LogP contribution < -0.4 is 15.2 Å². The fraction of sp³-hybridized carbons (Fsp3) is 0.500. The van der Waals surface area contributed by atoms with E-state index in [0.29, 0.717) is 42.9 Å². The Morgan fingerprint density at radius 1 is 1.27 bits per heavy atom. The van der Waals surface area contributed by atoms with E-state index in [1.54, 1.807) is 0 Å². The standard InChI is InChI=1S/C24H27ClN2O6/c1-24(2)5-4-19-16-9-22(33-7-3-6-32-14-12-31-13-14)18(25)8-15(16)20-10-21(28)17(23(29)30)11-26(20)27(19)24/h8-11,14,19H,3-7,12-13H2,1-2H3,(H,29,30)/t19-/m1/s1. The third kappa shape index (κ3) is 3.90. The van der Waals surface area contributed by atoms with Crippen LogP contribution in [0.5, 0.6) is 5.75 Å². The second kappa shape index (κ2) is 8.34. The molecule has 9 heteroatoms. The minimum absolute atomic E-state index is 0.0215. The first-order chi connectivity index (χ1) is 15.8. The summed E-state index contributed by atoms with van der Waals surface area (Å²) in [7, 11) is 0. The minimum Gasteiger partial charge on any atom is -0.492 e. The van der Waals surface area contributed by atoms with Gasteiger partial charge in [-0.25, -0.2) is 4.79 Å². The van der Waals surface area contributed by atoms with E-state index in [0.717, 1.165) is 30.4 Å². The summed E-state index contributed by atoms with van der Waals surface area (Å²) in [6, 6.07) is 5.21. The molecule has 8 nitrogen and oxygen atoms in total. The normalized spacial score (nSPS) is 20.6. The summed E-state index contributed by atoms with van der Waals surface area (Å²) in [5, 5.41) is 12.1. The van der Waals surface area contributed by atoms with E-state index in [4.69, 9.17) is 25.8 Å². The van der Waals surface area contributed by atoms with Crippen LogP contribution in [0.2, 0.25) is 5.02 Å². The molecule has 0 radical (unpaired) electrons. The van der Waals surface area contributed by atoms with Crippen LogP contribution in [0.4, 0.5) is 0 Å². The first-order valence-corrected chi connectivity index (χ1v) is 11.6. The molecule has 0 spiro atoms. The van der Waals surface area contributed by atoms with Crippen molar-refractivity contribution in [2.75, 3.05) is 31.4 Å². The second-order valence-corrected chi connectivity index (χ2v) is 9.81. The number of carboxylic acid groups (broad SMARTS) is 1. The van der Waals surface area contributed by atoms with Crippen molar-refractivity contribution in [1.82, 2.24) is 4.68 Å². The third-order valence-corrected chi connectivity index (χ3v) is 6.98. The van der Waals surface area contributed by atoms with Gasteiger partial charge in [-0.05, 0) is 44.4 Å². The molecule has 0 saturated carbocycles. The summed E-state index contributed by atoms with van der Waals surface area (Å²) in [4.78, 5) is 24.2. The molecule has 2 saturated heterocycles. The summed E-state index contributed by atoms with van der Waals surface area (Å²) in [6.07, 6.45) is 4.19. The number of pyridine rings is 1. The van der Waals surface area contributed by atoms with E-state index in [-0.39, 0.29) is 23.2 Å². The number of carbonyl (C=O) groups is 1. The molecule has 0 bridgehead atoms. The van der Waals surface area contributed by atoms with Crippen LogP contribution in [0.1, 0.15) is 55.1 Å². The van der Waals surface area contributed by atoms with Gasteiger partial charge in [0.2, 0.25) is 0 Å². The number of aromatic carboxylic acids is 1. The van der Waals surface area contributed by atoms with Crippen LogP contribution in [-0.2, 0) is 9.47 Å². The van der Waals surface area contributed by atoms with Gasteiger partial charge in [-0.2, -0.15) is 0 Å². The molecule has 2 aromatic rings. The van der Waals surface area contributed by atoms with Gasteiger partial charge in [0.05, 0.1) is 48.7 Å². The molecule has 1 N–H and O–H groups in total. The number of ether oxygens (including phenoxy) is 3. The third-order valence-electron chi connectivity index (χ3n) is 6.69. The van der Waals surface area contributed by atoms with Gasteiger partial charge < -0.3 is 19.3 Å². The Balaban J connectivity index is 1.47. The maximum Gasteiger partial charge on any atom is 0.341 e. The van der Waals surface area contributed by atoms with E-state index in [9.17, 15) is 14.7 Å². The topological polar surface area (TPSA) is 90.2 Å². The lowest BCUT2D eigenvalue weighted by Gasteiger charge is -2.44. The lowest BCUT2D eigenvalue weighted by molar-refractivity contribution is -0.130. The highest BCUT2D eigenvalue weighted by Gasteiger charge is 2.45. The van der Waals surface area contributed by atoms with Crippen LogP contribution in [0.3, 0.4) is 0 Å². The Bertz CT molecular complexity index is 1160. The number of fused-ring (bicyclic) bond motifs is 6. The Morgan fingerprint density at radius 2 is 2.06 bits per heavy atom. The Labute approximate surface area is 196 Å². The molecule has 2 fully saturated rings. The molecule has 0 unspecified atom stereocenters. The van der Waals surface area contributed by atoms with Gasteiger partial charge in [0.1, 0.15) is 17.4 Å². The fourth-order valence-electron chi connectivity index (χ4n) is 4.92. The van der Waals surface area contributed by atoms with Crippen molar-refractivity contribution in [2.45, 2.75) is 50.8 Å². The minimum atomic E-state index is -1.23. The van der Waals surface area contributed by atoms with Crippen molar-refractivity contribution in [3.8, 4) is 17.0 Å². The summed E-state index contributed by atoms with van der Waals surface area (Å²) >= 11 is 6.58. The van der Waals surface area contributed by atoms with Gasteiger partial charge in [0.25, 0.3) is 0 Å². The van der Waals surface area contributed by atoms with Crippen molar-refractivity contribution in [1.29, 1.82) is 0 Å². The smallest absolute Gasteiger partial charge is 0.341 e. The van der Waals surface area contributed by atoms with Crippen molar-refractivity contribution in [3.63, 3.8) is 0 Å². The monoisotopic (exact) mass is 474 g/mol. The molecule has 0 amide bonds. The lowest BCUT2D eigenvalue weighted by Crippen LogP contribution is -2.50. The van der Waals surface area contributed by atoms with Gasteiger partial charge >= 0.3 is 5.97 Å². The largest absolute Gasteiger partial charge is 0.492 e. The Morgan fingerprint density at radius 3 is 2.76 bits per heavy atom. The maximum atomic E-state index is 12.5. The number of halogens is 1. The summed E-state index contributed by atoms with van der Waals surface area (Å²) in [5.74, 6) is -0.629. The van der Waals surface area contributed by atoms with Crippen LogP contribution in [0.25, 0.3) is 11.3 Å². The van der Waals surface area contributed by atoms with Crippen LogP contribution in [0, 0.1) is 0 Å². The average Bonchev–Trinajstić information content (AvgIpc) is 3.04. The van der Waals surface area contributed by atoms with E-state index >= 15 is 0 Å². The van der Waals surface area contributed by atoms with Crippen molar-refractivity contribution in [3.05, 3.63) is 50.8 Å². The fourth-order valence-corrected chi connectivity index (χ4v) is 5.14. The lowest BCUT2D eigenvalue weighted by atomic mass is 9.94.